The molecule has 0 saturated heterocycles. The summed E-state index contributed by atoms with van der Waals surface area (Å²) in [4.78, 5) is 37.4. The van der Waals surface area contributed by atoms with E-state index in [4.69, 9.17) is 20.3 Å². The zero-order valence-electron chi connectivity index (χ0n) is 26.9. The summed E-state index contributed by atoms with van der Waals surface area (Å²) in [5.41, 5.74) is 6.06. The Labute approximate surface area is 267 Å². The first kappa shape index (κ1) is 39.8. The van der Waals surface area contributed by atoms with Crippen molar-refractivity contribution in [2.24, 2.45) is 5.73 Å². The fourth-order valence-corrected chi connectivity index (χ4v) is 5.38. The third-order valence-corrected chi connectivity index (χ3v) is 8.24. The van der Waals surface area contributed by atoms with Gasteiger partial charge in [0.15, 0.2) is 5.82 Å². The van der Waals surface area contributed by atoms with E-state index in [1.54, 1.807) is 0 Å². The average Bonchev–Trinajstić information content (AvgIpc) is 3.44. The highest BCUT2D eigenvalue weighted by atomic mass is 32.2. The molecule has 0 aliphatic heterocycles. The van der Waals surface area contributed by atoms with Crippen LogP contribution >= 0.6 is 11.8 Å². The van der Waals surface area contributed by atoms with Crippen molar-refractivity contribution in [3.63, 3.8) is 0 Å². The molecule has 0 fully saturated rings. The Bertz CT molecular complexity index is 905. The van der Waals surface area contributed by atoms with E-state index in [0.717, 1.165) is 38.5 Å². The minimum atomic E-state index is -0.990. The Morgan fingerprint density at radius 1 is 0.909 bits per heavy atom. The summed E-state index contributed by atoms with van der Waals surface area (Å²) in [6, 6.07) is -0.878. The van der Waals surface area contributed by atoms with Crippen molar-refractivity contribution in [3.05, 3.63) is 6.20 Å². The van der Waals surface area contributed by atoms with Crippen molar-refractivity contribution >= 4 is 35.4 Å². The van der Waals surface area contributed by atoms with Crippen molar-refractivity contribution in [1.29, 1.82) is 0 Å². The number of nitrogens with zero attached hydrogens (tertiary/aromatic N) is 3. The lowest BCUT2D eigenvalue weighted by molar-refractivity contribution is -0.157. The zero-order valence-corrected chi connectivity index (χ0v) is 27.7. The van der Waals surface area contributed by atoms with Gasteiger partial charge in [-0.3, -0.25) is 14.4 Å². The van der Waals surface area contributed by atoms with E-state index in [9.17, 15) is 19.5 Å². The highest BCUT2D eigenvalue weighted by Crippen LogP contribution is 2.14. The molecule has 5 N–H and O–H groups in total. The van der Waals surface area contributed by atoms with Crippen LogP contribution in [0.2, 0.25) is 0 Å². The quantitative estimate of drug-likeness (QED) is 0.0753. The number of nitrogens with one attached hydrogen (secondary N) is 1. The second-order valence-electron chi connectivity index (χ2n) is 11.3. The molecule has 1 aromatic heterocycles. The number of rotatable bonds is 28. The molecule has 0 aliphatic carbocycles. The van der Waals surface area contributed by atoms with Gasteiger partial charge in [-0.25, -0.2) is 4.68 Å². The Kier molecular flexibility index (Phi) is 23.6. The zero-order chi connectivity index (χ0) is 32.4. The molecule has 44 heavy (non-hydrogen) atoms. The monoisotopic (exact) mass is 643 g/mol. The summed E-state index contributed by atoms with van der Waals surface area (Å²) < 4.78 is 12.4. The number of anilines is 1. The third kappa shape index (κ3) is 20.7. The molecule has 1 rings (SSSR count). The number of nitrogens with two attached hydrogens (primary N) is 1. The number of esters is 2. The molecule has 3 atom stereocenters. The number of aromatic nitrogens is 3. The maximum absolute atomic E-state index is 12.5. The van der Waals surface area contributed by atoms with Gasteiger partial charge >= 0.3 is 11.9 Å². The van der Waals surface area contributed by atoms with Crippen LogP contribution in [0.5, 0.6) is 0 Å². The highest BCUT2D eigenvalue weighted by Gasteiger charge is 2.20. The van der Waals surface area contributed by atoms with Gasteiger partial charge in [0.25, 0.3) is 0 Å². The second-order valence-corrected chi connectivity index (χ2v) is 12.4. The lowest BCUT2D eigenvalue weighted by atomic mass is 10.1. The minimum absolute atomic E-state index is 0.0317. The van der Waals surface area contributed by atoms with Crippen LogP contribution in [0.15, 0.2) is 6.20 Å². The predicted octanol–water partition coefficient (Wildman–Crippen LogP) is 4.37. The molecule has 13 heteroatoms. The van der Waals surface area contributed by atoms with Gasteiger partial charge in [0.05, 0.1) is 31.5 Å². The van der Waals surface area contributed by atoms with Gasteiger partial charge in [-0.05, 0) is 12.8 Å². The molecule has 0 aliphatic rings. The van der Waals surface area contributed by atoms with E-state index in [0.29, 0.717) is 18.6 Å². The molecule has 0 aromatic carbocycles. The topological polar surface area (TPSA) is 179 Å². The van der Waals surface area contributed by atoms with Gasteiger partial charge in [0.1, 0.15) is 12.7 Å². The summed E-state index contributed by atoms with van der Waals surface area (Å²) >= 11 is 1.33. The van der Waals surface area contributed by atoms with Gasteiger partial charge in [0, 0.05) is 24.3 Å². The van der Waals surface area contributed by atoms with E-state index < -0.39 is 30.8 Å². The fraction of sp³-hybridized carbons (Fsp3) is 0.839. The number of aliphatic hydroxyl groups is 2. The first-order valence-electron chi connectivity index (χ1n) is 16.5. The normalized spacial score (nSPS) is 13.3. The molecule has 0 bridgehead atoms. The number of amides is 1. The van der Waals surface area contributed by atoms with Crippen molar-refractivity contribution in [2.45, 2.75) is 141 Å². The smallest absolute Gasteiger partial charge is 0.306 e. The summed E-state index contributed by atoms with van der Waals surface area (Å²) in [6.07, 6.45) is 15.9. The summed E-state index contributed by atoms with van der Waals surface area (Å²) in [5, 5.41) is 28.7. The maximum Gasteiger partial charge on any atom is 0.306 e. The van der Waals surface area contributed by atoms with E-state index in [1.807, 2.05) is 0 Å². The van der Waals surface area contributed by atoms with Crippen molar-refractivity contribution in [1.82, 2.24) is 15.0 Å². The molecule has 0 saturated carbocycles. The van der Waals surface area contributed by atoms with Crippen molar-refractivity contribution in [2.75, 3.05) is 30.0 Å². The molecule has 0 radical (unpaired) electrons. The highest BCUT2D eigenvalue weighted by molar-refractivity contribution is 7.99. The number of hydrogen-bond acceptors (Lipinski definition) is 11. The van der Waals surface area contributed by atoms with E-state index >= 15 is 0 Å². The molecule has 0 unspecified atom stereocenters. The van der Waals surface area contributed by atoms with E-state index in [-0.39, 0.29) is 36.7 Å². The maximum atomic E-state index is 12.5. The van der Waals surface area contributed by atoms with Crippen LogP contribution in [0.25, 0.3) is 0 Å². The summed E-state index contributed by atoms with van der Waals surface area (Å²) in [5.74, 6) is -0.354. The van der Waals surface area contributed by atoms with Gasteiger partial charge < -0.3 is 30.7 Å². The first-order chi connectivity index (χ1) is 21.3. The molecule has 1 heterocycles. The molecule has 1 aromatic rings. The number of carbonyl (C=O) groups is 3. The molecular weight excluding hydrogens is 586 g/mol. The van der Waals surface area contributed by atoms with Gasteiger partial charge in [-0.2, -0.15) is 11.8 Å². The van der Waals surface area contributed by atoms with Gasteiger partial charge in [0.2, 0.25) is 5.91 Å². The van der Waals surface area contributed by atoms with Gasteiger partial charge in [-0.15, -0.1) is 5.10 Å². The Hall–Kier alpha value is -2.22. The van der Waals surface area contributed by atoms with E-state index in [2.05, 4.69) is 29.5 Å². The number of aliphatic hydroxyl groups excluding tert-OH is 2. The summed E-state index contributed by atoms with van der Waals surface area (Å²) in [6.45, 7) is 3.95. The largest absolute Gasteiger partial charge is 0.462 e. The summed E-state index contributed by atoms with van der Waals surface area (Å²) in [7, 11) is 0. The lowest BCUT2D eigenvalue weighted by Crippen LogP contribution is -2.38. The van der Waals surface area contributed by atoms with Crippen LogP contribution in [0.1, 0.15) is 117 Å². The second kappa shape index (κ2) is 26.0. The predicted molar refractivity (Wildman–Crippen MR) is 173 cm³/mol. The number of ether oxygens (including phenoxy) is 2. The molecule has 12 nitrogen and oxygen atoms in total. The SMILES string of the molecule is CCCCCCCCCC(=O)OC[C@H](CSC[C@@H](N)C(=O)Nc1cn(C[C@@H](O)CO)nn1)OC(=O)CCCCCCCCC. The first-order valence-corrected chi connectivity index (χ1v) is 17.6. The Balaban J connectivity index is 2.49. The van der Waals surface area contributed by atoms with Crippen molar-refractivity contribution < 1.29 is 34.1 Å². The molecule has 0 spiro atoms. The van der Waals surface area contributed by atoms with Crippen LogP contribution in [0.3, 0.4) is 0 Å². The molecular formula is C31H57N5O7S. The Morgan fingerprint density at radius 2 is 1.48 bits per heavy atom. The van der Waals surface area contributed by atoms with Crippen LogP contribution in [-0.2, 0) is 30.4 Å². The van der Waals surface area contributed by atoms with Crippen molar-refractivity contribution in [3.8, 4) is 0 Å². The standard InChI is InChI=1S/C31H57N5O7S/c1-3-5-7-9-11-13-15-17-29(39)42-22-26(43-30(40)18-16-14-12-10-8-6-4-2)23-44-24-27(32)31(41)33-28-20-36(35-34-28)19-25(38)21-37/h20,25-27,37-38H,3-19,21-24,32H2,1-2H3,(H,33,41)/t25-,26-,27-/m1/s1. The van der Waals surface area contributed by atoms with Gasteiger partial charge in [-0.1, -0.05) is 96.1 Å². The van der Waals surface area contributed by atoms with Crippen LogP contribution in [0.4, 0.5) is 5.82 Å². The number of thioether (sulfide) groups is 1. The van der Waals surface area contributed by atoms with Crippen LogP contribution < -0.4 is 11.1 Å². The number of hydrogen-bond donors (Lipinski definition) is 4. The third-order valence-electron chi connectivity index (χ3n) is 7.03. The molecule has 1 amide bonds. The van der Waals surface area contributed by atoms with E-state index in [1.165, 1.54) is 74.0 Å². The lowest BCUT2D eigenvalue weighted by Gasteiger charge is -2.19. The number of carbonyl (C=O) groups excluding carboxylic acids is 3. The Morgan fingerprint density at radius 3 is 2.07 bits per heavy atom. The number of unbranched alkanes of at least 4 members (excludes halogenated alkanes) is 12. The van der Waals surface area contributed by atoms with Crippen LogP contribution in [-0.4, -0.2) is 86.0 Å². The fourth-order valence-electron chi connectivity index (χ4n) is 4.41. The molecule has 254 valence electrons. The minimum Gasteiger partial charge on any atom is -0.462 e. The van der Waals surface area contributed by atoms with Crippen LogP contribution in [0, 0.1) is 0 Å². The average molecular weight is 644 g/mol.